The van der Waals surface area contributed by atoms with Crippen molar-refractivity contribution >= 4 is 10.0 Å². The largest absolute Gasteiger partial charge is 0.391 e. The number of sulfonamides is 1. The number of nitrogens with zero attached hydrogens (tertiary/aromatic N) is 1. The van der Waals surface area contributed by atoms with Crippen LogP contribution in [0.2, 0.25) is 0 Å². The number of nitrogens with one attached hydrogen (secondary N) is 1. The first-order chi connectivity index (χ1) is 8.23. The normalized spacial score (nSPS) is 11.6. The van der Waals surface area contributed by atoms with Crippen LogP contribution >= 0.6 is 0 Å². The summed E-state index contributed by atoms with van der Waals surface area (Å²) in [7, 11) is 4.30. The first-order valence-electron chi connectivity index (χ1n) is 5.63. The maximum Gasteiger partial charge on any atom is 0.240 e. The molecule has 0 aliphatic carbocycles. The minimum atomic E-state index is -3.25. The van der Waals surface area contributed by atoms with Crippen molar-refractivity contribution in [2.75, 3.05) is 41.3 Å². The van der Waals surface area contributed by atoms with Gasteiger partial charge in [0.25, 0.3) is 0 Å². The molecule has 1 rings (SSSR count). The molecule has 0 amide bonds. The van der Waals surface area contributed by atoms with Gasteiger partial charge in [-0.05, 0) is 19.2 Å². The van der Waals surface area contributed by atoms with Crippen molar-refractivity contribution in [3.8, 4) is 0 Å². The Hall–Kier alpha value is -0.950. The predicted octanol–water partition coefficient (Wildman–Crippen LogP) is 0.280. The first kappa shape index (κ1) is 17.1. The van der Waals surface area contributed by atoms with E-state index in [-0.39, 0.29) is 6.61 Å². The minimum Gasteiger partial charge on any atom is -0.391 e. The zero-order chi connectivity index (χ0) is 14.2. The number of rotatable bonds is 4. The maximum atomic E-state index is 11.1. The van der Waals surface area contributed by atoms with Gasteiger partial charge in [0.2, 0.25) is 10.0 Å². The average Bonchev–Trinajstić information content (AvgIpc) is 2.29. The van der Waals surface area contributed by atoms with Crippen LogP contribution in [0, 0.1) is 0 Å². The molecule has 18 heavy (non-hydrogen) atoms. The molecule has 0 aliphatic rings. The van der Waals surface area contributed by atoms with Crippen LogP contribution in [0.1, 0.15) is 0 Å². The van der Waals surface area contributed by atoms with Gasteiger partial charge >= 0.3 is 0 Å². The van der Waals surface area contributed by atoms with Crippen LogP contribution in [0.3, 0.4) is 0 Å². The Kier molecular flexibility index (Phi) is 7.08. The number of hydrogen-bond acceptors (Lipinski definition) is 3. The van der Waals surface area contributed by atoms with Crippen molar-refractivity contribution in [1.82, 2.24) is 4.72 Å². The summed E-state index contributed by atoms with van der Waals surface area (Å²) in [6.45, 7) is 1.11. The number of aliphatic hydroxyl groups is 1. The standard InChI is InChI=1S/C7H9NO2S.C5H14NO/c1-8-11(9,10)7-5-3-2-4-6-7;1-6(2,3)4-5-7/h2-6,8H,1H3;7H,4-5H2,1-3H3/q;+1. The lowest BCUT2D eigenvalue weighted by atomic mass is 10.4. The quantitative estimate of drug-likeness (QED) is 0.776. The molecule has 2 N–H and O–H groups in total. The molecule has 0 atom stereocenters. The molecule has 0 radical (unpaired) electrons. The van der Waals surface area contributed by atoms with Crippen molar-refractivity contribution < 1.29 is 18.0 Å². The maximum absolute atomic E-state index is 11.1. The highest BCUT2D eigenvalue weighted by atomic mass is 32.2. The fourth-order valence-corrected chi connectivity index (χ4v) is 1.77. The van der Waals surface area contributed by atoms with Crippen LogP contribution in [0.5, 0.6) is 0 Å². The number of quaternary nitrogens is 1. The first-order valence-corrected chi connectivity index (χ1v) is 7.11. The molecule has 0 aromatic heterocycles. The number of hydrogen-bond donors (Lipinski definition) is 2. The molecule has 6 heteroatoms. The summed E-state index contributed by atoms with van der Waals surface area (Å²) in [6.07, 6.45) is 0. The lowest BCUT2D eigenvalue weighted by Crippen LogP contribution is -2.36. The van der Waals surface area contributed by atoms with E-state index in [4.69, 9.17) is 5.11 Å². The highest BCUT2D eigenvalue weighted by Gasteiger charge is 2.08. The zero-order valence-corrected chi connectivity index (χ0v) is 12.2. The smallest absolute Gasteiger partial charge is 0.240 e. The van der Waals surface area contributed by atoms with Crippen molar-refractivity contribution in [2.24, 2.45) is 0 Å². The second-order valence-electron chi connectivity index (χ2n) is 4.76. The van der Waals surface area contributed by atoms with Crippen LogP contribution in [-0.4, -0.2) is 59.3 Å². The van der Waals surface area contributed by atoms with Crippen LogP contribution in [0.25, 0.3) is 0 Å². The third-order valence-electron chi connectivity index (χ3n) is 2.09. The van der Waals surface area contributed by atoms with Gasteiger partial charge in [0.05, 0.1) is 32.6 Å². The van der Waals surface area contributed by atoms with E-state index in [2.05, 4.69) is 25.9 Å². The number of aliphatic hydroxyl groups excluding tert-OH is 1. The molecule has 104 valence electrons. The summed E-state index contributed by atoms with van der Waals surface area (Å²) < 4.78 is 25.3. The van der Waals surface area contributed by atoms with E-state index in [0.717, 1.165) is 11.0 Å². The van der Waals surface area contributed by atoms with Gasteiger partial charge in [0, 0.05) is 0 Å². The summed E-state index contributed by atoms with van der Waals surface area (Å²) in [4.78, 5) is 0.294. The van der Waals surface area contributed by atoms with Gasteiger partial charge in [-0.2, -0.15) is 0 Å². The minimum absolute atomic E-state index is 0.281. The van der Waals surface area contributed by atoms with Crippen LogP contribution < -0.4 is 4.72 Å². The third-order valence-corrected chi connectivity index (χ3v) is 3.52. The van der Waals surface area contributed by atoms with Gasteiger partial charge in [-0.3, -0.25) is 0 Å². The summed E-state index contributed by atoms with van der Waals surface area (Å²) in [5.41, 5.74) is 0. The fraction of sp³-hybridized carbons (Fsp3) is 0.500. The highest BCUT2D eigenvalue weighted by molar-refractivity contribution is 7.89. The van der Waals surface area contributed by atoms with Crippen molar-refractivity contribution in [1.29, 1.82) is 0 Å². The Bertz CT molecular complexity index is 424. The molecule has 0 saturated carbocycles. The second kappa shape index (κ2) is 7.48. The van der Waals surface area contributed by atoms with Gasteiger partial charge in [-0.15, -0.1) is 0 Å². The summed E-state index contributed by atoms with van der Waals surface area (Å²) >= 11 is 0. The van der Waals surface area contributed by atoms with E-state index >= 15 is 0 Å². The molecule has 0 spiro atoms. The van der Waals surface area contributed by atoms with Gasteiger partial charge in [-0.25, -0.2) is 13.1 Å². The van der Waals surface area contributed by atoms with E-state index in [1.54, 1.807) is 30.3 Å². The zero-order valence-electron chi connectivity index (χ0n) is 11.4. The average molecular weight is 275 g/mol. The molecule has 5 nitrogen and oxygen atoms in total. The molecule has 0 unspecified atom stereocenters. The van der Waals surface area contributed by atoms with Gasteiger partial charge in [0.1, 0.15) is 6.54 Å². The molecule has 0 saturated heterocycles. The molecule has 0 aliphatic heterocycles. The highest BCUT2D eigenvalue weighted by Crippen LogP contribution is 2.05. The van der Waals surface area contributed by atoms with Crippen LogP contribution in [0.4, 0.5) is 0 Å². The van der Waals surface area contributed by atoms with Gasteiger partial charge in [0.15, 0.2) is 0 Å². The van der Waals surface area contributed by atoms with E-state index in [0.29, 0.717) is 4.90 Å². The van der Waals surface area contributed by atoms with E-state index in [1.807, 2.05) is 0 Å². The topological polar surface area (TPSA) is 66.4 Å². The SMILES string of the molecule is CNS(=O)(=O)c1ccccc1.C[N+](C)(C)CCO. The predicted molar refractivity (Wildman–Crippen MR) is 72.7 cm³/mol. The van der Waals surface area contributed by atoms with Crippen molar-refractivity contribution in [2.45, 2.75) is 4.90 Å². The molecular weight excluding hydrogens is 252 g/mol. The summed E-state index contributed by atoms with van der Waals surface area (Å²) in [5, 5.41) is 8.39. The Morgan fingerprint density at radius 1 is 1.17 bits per heavy atom. The lowest BCUT2D eigenvalue weighted by Gasteiger charge is -2.21. The van der Waals surface area contributed by atoms with E-state index < -0.39 is 10.0 Å². The van der Waals surface area contributed by atoms with Gasteiger partial charge in [-0.1, -0.05) is 18.2 Å². The molecular formula is C12H23N2O3S+. The molecule has 0 heterocycles. The Morgan fingerprint density at radius 2 is 1.67 bits per heavy atom. The number of benzene rings is 1. The second-order valence-corrected chi connectivity index (χ2v) is 6.64. The summed E-state index contributed by atoms with van der Waals surface area (Å²) in [5.74, 6) is 0. The van der Waals surface area contributed by atoms with Crippen LogP contribution in [0.15, 0.2) is 35.2 Å². The molecule has 0 fully saturated rings. The lowest BCUT2D eigenvalue weighted by molar-refractivity contribution is -0.870. The number of likely N-dealkylation sites (N-methyl/N-ethyl adjacent to an activating group) is 1. The molecule has 1 aromatic rings. The van der Waals surface area contributed by atoms with Gasteiger partial charge < -0.3 is 9.59 Å². The molecule has 0 bridgehead atoms. The Morgan fingerprint density at radius 3 is 1.94 bits per heavy atom. The summed E-state index contributed by atoms with van der Waals surface area (Å²) in [6, 6.07) is 8.24. The van der Waals surface area contributed by atoms with Crippen molar-refractivity contribution in [3.63, 3.8) is 0 Å². The Labute approximate surface area is 110 Å². The van der Waals surface area contributed by atoms with Crippen molar-refractivity contribution in [3.05, 3.63) is 30.3 Å². The monoisotopic (exact) mass is 275 g/mol. The Balaban J connectivity index is 0.000000360. The van der Waals surface area contributed by atoms with E-state index in [9.17, 15) is 8.42 Å². The molecule has 1 aromatic carbocycles. The van der Waals surface area contributed by atoms with E-state index in [1.165, 1.54) is 7.05 Å². The van der Waals surface area contributed by atoms with Crippen LogP contribution in [-0.2, 0) is 10.0 Å². The fourth-order valence-electron chi connectivity index (χ4n) is 1.02. The third kappa shape index (κ3) is 7.39.